The third-order valence-corrected chi connectivity index (χ3v) is 3.92. The zero-order valence-corrected chi connectivity index (χ0v) is 13.3. The zero-order valence-electron chi connectivity index (χ0n) is 11.7. The number of nitrogens with one attached hydrogen (secondary N) is 1. The van der Waals surface area contributed by atoms with Crippen LogP contribution in [-0.2, 0) is 0 Å². The molecule has 0 fully saturated rings. The molecule has 4 heteroatoms. The van der Waals surface area contributed by atoms with Gasteiger partial charge in [-0.2, -0.15) is 0 Å². The van der Waals surface area contributed by atoms with Crippen molar-refractivity contribution in [3.8, 4) is 0 Å². The van der Waals surface area contributed by atoms with Crippen molar-refractivity contribution in [2.24, 2.45) is 0 Å². The number of hydrogen-bond acceptors (Lipinski definition) is 2. The van der Waals surface area contributed by atoms with E-state index in [2.05, 4.69) is 21.2 Å². The number of halogens is 1. The minimum absolute atomic E-state index is 0.236. The predicted octanol–water partition coefficient (Wildman–Crippen LogP) is 5.06. The van der Waals surface area contributed by atoms with E-state index in [-0.39, 0.29) is 5.91 Å². The van der Waals surface area contributed by atoms with E-state index in [4.69, 9.17) is 4.42 Å². The smallest absolute Gasteiger partial charge is 0.291 e. The van der Waals surface area contributed by atoms with E-state index in [9.17, 15) is 4.79 Å². The van der Waals surface area contributed by atoms with Gasteiger partial charge in [-0.25, -0.2) is 0 Å². The molecular weight excluding hydrogens is 330 g/mol. The van der Waals surface area contributed by atoms with Crippen LogP contribution in [0.5, 0.6) is 0 Å². The number of carbonyl (C=O) groups is 1. The van der Waals surface area contributed by atoms with Gasteiger partial charge in [0.2, 0.25) is 0 Å². The highest BCUT2D eigenvalue weighted by atomic mass is 79.9. The van der Waals surface area contributed by atoms with Crippen LogP contribution in [0, 0.1) is 13.8 Å². The molecule has 0 saturated carbocycles. The summed E-state index contributed by atoms with van der Waals surface area (Å²) in [4.78, 5) is 12.4. The average Bonchev–Trinajstić information content (AvgIpc) is 2.86. The molecule has 0 spiro atoms. The van der Waals surface area contributed by atoms with Crippen LogP contribution < -0.4 is 5.32 Å². The van der Waals surface area contributed by atoms with Gasteiger partial charge in [-0.1, -0.05) is 34.1 Å². The Hall–Kier alpha value is -2.07. The van der Waals surface area contributed by atoms with Gasteiger partial charge in [0.05, 0.1) is 0 Å². The van der Waals surface area contributed by atoms with Crippen molar-refractivity contribution < 1.29 is 9.21 Å². The number of rotatable bonds is 2. The lowest BCUT2D eigenvalue weighted by Crippen LogP contribution is -2.12. The molecule has 0 saturated heterocycles. The van der Waals surface area contributed by atoms with Crippen molar-refractivity contribution in [2.45, 2.75) is 13.8 Å². The summed E-state index contributed by atoms with van der Waals surface area (Å²) in [5, 5.41) is 3.83. The third-order valence-electron chi connectivity index (χ3n) is 3.42. The van der Waals surface area contributed by atoms with Crippen molar-refractivity contribution in [1.82, 2.24) is 0 Å². The zero-order chi connectivity index (χ0) is 15.0. The molecule has 1 heterocycles. The topological polar surface area (TPSA) is 42.2 Å². The maximum absolute atomic E-state index is 12.4. The molecule has 1 amide bonds. The molecule has 0 bridgehead atoms. The molecule has 0 radical (unpaired) electrons. The Morgan fingerprint density at radius 1 is 1.10 bits per heavy atom. The Morgan fingerprint density at radius 3 is 2.52 bits per heavy atom. The fourth-order valence-electron chi connectivity index (χ4n) is 2.31. The van der Waals surface area contributed by atoms with Crippen LogP contribution in [0.2, 0.25) is 0 Å². The van der Waals surface area contributed by atoms with Gasteiger partial charge in [0.15, 0.2) is 5.76 Å². The summed E-state index contributed by atoms with van der Waals surface area (Å²) in [5.74, 6) is 0.0745. The Bertz CT molecular complexity index is 816. The molecule has 0 aliphatic carbocycles. The highest BCUT2D eigenvalue weighted by Gasteiger charge is 2.14. The number of anilines is 1. The monoisotopic (exact) mass is 343 g/mol. The molecular formula is C17H14BrNO2. The second kappa shape index (κ2) is 5.37. The third kappa shape index (κ3) is 2.72. The van der Waals surface area contributed by atoms with Gasteiger partial charge in [-0.15, -0.1) is 0 Å². The first-order valence-corrected chi connectivity index (χ1v) is 7.40. The average molecular weight is 344 g/mol. The first-order chi connectivity index (χ1) is 10.0. The summed E-state index contributed by atoms with van der Waals surface area (Å²) in [5.41, 5.74) is 3.60. The number of para-hydroxylation sites is 1. The lowest BCUT2D eigenvalue weighted by molar-refractivity contribution is 0.0998. The highest BCUT2D eigenvalue weighted by molar-refractivity contribution is 9.10. The molecule has 0 unspecified atom stereocenters. The minimum atomic E-state index is -0.236. The molecule has 2 aromatic carbocycles. The van der Waals surface area contributed by atoms with Crippen molar-refractivity contribution >= 4 is 38.5 Å². The van der Waals surface area contributed by atoms with Crippen molar-refractivity contribution in [3.05, 3.63) is 63.8 Å². The molecule has 21 heavy (non-hydrogen) atoms. The van der Waals surface area contributed by atoms with Crippen molar-refractivity contribution in [2.75, 3.05) is 5.32 Å². The highest BCUT2D eigenvalue weighted by Crippen LogP contribution is 2.25. The number of aryl methyl sites for hydroxylation is 2. The second-order valence-electron chi connectivity index (χ2n) is 5.01. The van der Waals surface area contributed by atoms with E-state index in [1.165, 1.54) is 0 Å². The number of carbonyl (C=O) groups excluding carboxylic acids is 1. The number of benzene rings is 2. The second-order valence-corrected chi connectivity index (χ2v) is 5.93. The largest absolute Gasteiger partial charge is 0.451 e. The van der Waals surface area contributed by atoms with Gasteiger partial charge in [-0.05, 0) is 49.2 Å². The standard InChI is InChI=1S/C17H14BrNO2/c1-10-4-3-5-11(2)16(10)19-17(20)15-9-12-8-13(18)6-7-14(12)21-15/h3-9H,1-2H3,(H,19,20). The van der Waals surface area contributed by atoms with Gasteiger partial charge in [0.25, 0.3) is 5.91 Å². The minimum Gasteiger partial charge on any atom is -0.451 e. The molecule has 106 valence electrons. The first-order valence-electron chi connectivity index (χ1n) is 6.61. The van der Waals surface area contributed by atoms with Crippen LogP contribution in [0.4, 0.5) is 5.69 Å². The van der Waals surface area contributed by atoms with Crippen LogP contribution in [-0.4, -0.2) is 5.91 Å². The molecule has 0 atom stereocenters. The lowest BCUT2D eigenvalue weighted by atomic mass is 10.1. The Balaban J connectivity index is 1.94. The Morgan fingerprint density at radius 2 is 1.81 bits per heavy atom. The number of fused-ring (bicyclic) bond motifs is 1. The van der Waals surface area contributed by atoms with Crippen molar-refractivity contribution in [1.29, 1.82) is 0 Å². The maximum atomic E-state index is 12.4. The predicted molar refractivity (Wildman–Crippen MR) is 87.8 cm³/mol. The fraction of sp³-hybridized carbons (Fsp3) is 0.118. The van der Waals surface area contributed by atoms with Crippen LogP contribution in [0.1, 0.15) is 21.7 Å². The lowest BCUT2D eigenvalue weighted by Gasteiger charge is -2.09. The molecule has 3 rings (SSSR count). The number of amides is 1. The van der Waals surface area contributed by atoms with Gasteiger partial charge in [-0.3, -0.25) is 4.79 Å². The van der Waals surface area contributed by atoms with E-state index in [0.29, 0.717) is 11.3 Å². The van der Waals surface area contributed by atoms with E-state index in [1.54, 1.807) is 6.07 Å². The van der Waals surface area contributed by atoms with E-state index in [0.717, 1.165) is 26.7 Å². The quantitative estimate of drug-likeness (QED) is 0.706. The SMILES string of the molecule is Cc1cccc(C)c1NC(=O)c1cc2cc(Br)ccc2o1. The van der Waals surface area contributed by atoms with Gasteiger partial charge < -0.3 is 9.73 Å². The fourth-order valence-corrected chi connectivity index (χ4v) is 2.69. The normalized spacial score (nSPS) is 10.8. The summed E-state index contributed by atoms with van der Waals surface area (Å²) in [6.07, 6.45) is 0. The van der Waals surface area contributed by atoms with Crippen LogP contribution in [0.25, 0.3) is 11.0 Å². The van der Waals surface area contributed by atoms with Crippen LogP contribution in [0.3, 0.4) is 0 Å². The van der Waals surface area contributed by atoms with Gasteiger partial charge >= 0.3 is 0 Å². The molecule has 1 aromatic heterocycles. The van der Waals surface area contributed by atoms with E-state index >= 15 is 0 Å². The van der Waals surface area contributed by atoms with Crippen LogP contribution in [0.15, 0.2) is 51.4 Å². The Labute approximate surface area is 131 Å². The molecule has 0 aliphatic heterocycles. The van der Waals surface area contributed by atoms with E-state index < -0.39 is 0 Å². The summed E-state index contributed by atoms with van der Waals surface area (Å²) in [6, 6.07) is 13.3. The summed E-state index contributed by atoms with van der Waals surface area (Å²) < 4.78 is 6.56. The molecule has 0 aliphatic rings. The number of hydrogen-bond donors (Lipinski definition) is 1. The molecule has 3 aromatic rings. The summed E-state index contributed by atoms with van der Waals surface area (Å²) in [6.45, 7) is 3.94. The molecule has 1 N–H and O–H groups in total. The number of furan rings is 1. The Kier molecular flexibility index (Phi) is 3.55. The maximum Gasteiger partial charge on any atom is 0.291 e. The molecule has 3 nitrogen and oxygen atoms in total. The van der Waals surface area contributed by atoms with Gasteiger partial charge in [0, 0.05) is 15.5 Å². The summed E-state index contributed by atoms with van der Waals surface area (Å²) >= 11 is 3.41. The first kappa shape index (κ1) is 13.9. The summed E-state index contributed by atoms with van der Waals surface area (Å²) in [7, 11) is 0. The van der Waals surface area contributed by atoms with Crippen LogP contribution >= 0.6 is 15.9 Å². The van der Waals surface area contributed by atoms with E-state index in [1.807, 2.05) is 50.2 Å². The van der Waals surface area contributed by atoms with Gasteiger partial charge in [0.1, 0.15) is 5.58 Å². The van der Waals surface area contributed by atoms with Crippen molar-refractivity contribution in [3.63, 3.8) is 0 Å².